The third-order valence-electron chi connectivity index (χ3n) is 3.98. The van der Waals surface area contributed by atoms with Crippen LogP contribution in [0.15, 0.2) is 42.5 Å². The van der Waals surface area contributed by atoms with Gasteiger partial charge in [0.25, 0.3) is 0 Å². The van der Waals surface area contributed by atoms with Crippen LogP contribution in [-0.4, -0.2) is 11.7 Å². The number of benzene rings is 2. The van der Waals surface area contributed by atoms with E-state index in [1.807, 2.05) is 43.3 Å². The quantitative estimate of drug-likeness (QED) is 0.696. The molecule has 0 fully saturated rings. The second kappa shape index (κ2) is 5.64. The number of hydrogen-bond donors (Lipinski definition) is 1. The maximum Gasteiger partial charge on any atom is 0.231 e. The standard InChI is InChI=1S/C18H18N2O2/c1-2-17(21)13-5-8-16-14(9-13)10-18(22)20(16)11-12-3-6-15(19)7-4-12/h3-9H,2,10-11,19H2,1H3. The molecule has 4 heteroatoms. The molecule has 1 aliphatic rings. The first-order chi connectivity index (χ1) is 10.6. The Hall–Kier alpha value is -2.62. The minimum Gasteiger partial charge on any atom is -0.399 e. The molecule has 0 radical (unpaired) electrons. The molecule has 0 saturated carbocycles. The zero-order valence-electron chi connectivity index (χ0n) is 12.5. The van der Waals surface area contributed by atoms with Gasteiger partial charge in [-0.15, -0.1) is 0 Å². The van der Waals surface area contributed by atoms with E-state index in [0.29, 0.717) is 30.6 Å². The van der Waals surface area contributed by atoms with Gasteiger partial charge in [-0.25, -0.2) is 0 Å². The zero-order valence-corrected chi connectivity index (χ0v) is 12.5. The van der Waals surface area contributed by atoms with Crippen molar-refractivity contribution >= 4 is 23.1 Å². The normalized spacial score (nSPS) is 13.3. The molecule has 0 saturated heterocycles. The monoisotopic (exact) mass is 294 g/mol. The summed E-state index contributed by atoms with van der Waals surface area (Å²) in [5.74, 6) is 0.167. The highest BCUT2D eigenvalue weighted by molar-refractivity contribution is 6.03. The summed E-state index contributed by atoms with van der Waals surface area (Å²) in [7, 11) is 0. The number of rotatable bonds is 4. The lowest BCUT2D eigenvalue weighted by Crippen LogP contribution is -2.25. The van der Waals surface area contributed by atoms with E-state index in [-0.39, 0.29) is 11.7 Å². The first-order valence-corrected chi connectivity index (χ1v) is 7.39. The average Bonchev–Trinajstić information content (AvgIpc) is 2.83. The lowest BCUT2D eigenvalue weighted by atomic mass is 10.0. The molecule has 2 N–H and O–H groups in total. The van der Waals surface area contributed by atoms with Gasteiger partial charge in [0.2, 0.25) is 5.91 Å². The van der Waals surface area contributed by atoms with Gasteiger partial charge < -0.3 is 10.6 Å². The number of carbonyl (C=O) groups excluding carboxylic acids is 2. The van der Waals surface area contributed by atoms with E-state index in [4.69, 9.17) is 5.73 Å². The summed E-state index contributed by atoms with van der Waals surface area (Å²) in [5, 5.41) is 0. The Morgan fingerprint density at radius 1 is 1.18 bits per heavy atom. The molecule has 22 heavy (non-hydrogen) atoms. The number of carbonyl (C=O) groups is 2. The number of nitrogens with zero attached hydrogens (tertiary/aromatic N) is 1. The van der Waals surface area contributed by atoms with E-state index in [2.05, 4.69) is 0 Å². The largest absolute Gasteiger partial charge is 0.399 e. The zero-order chi connectivity index (χ0) is 15.7. The van der Waals surface area contributed by atoms with Gasteiger partial charge in [-0.05, 0) is 41.5 Å². The van der Waals surface area contributed by atoms with Gasteiger partial charge in [0, 0.05) is 23.4 Å². The summed E-state index contributed by atoms with van der Waals surface area (Å²) in [5.41, 5.74) is 9.94. The Balaban J connectivity index is 1.88. The number of anilines is 2. The molecule has 0 atom stereocenters. The molecule has 1 amide bonds. The fraction of sp³-hybridized carbons (Fsp3) is 0.222. The topological polar surface area (TPSA) is 63.4 Å². The molecular formula is C18H18N2O2. The number of nitrogens with two attached hydrogens (primary N) is 1. The highest BCUT2D eigenvalue weighted by atomic mass is 16.2. The summed E-state index contributed by atoms with van der Waals surface area (Å²) < 4.78 is 0. The molecule has 0 bridgehead atoms. The van der Waals surface area contributed by atoms with Crippen molar-refractivity contribution in [1.82, 2.24) is 0 Å². The SMILES string of the molecule is CCC(=O)c1ccc2c(c1)CC(=O)N2Cc1ccc(N)cc1. The van der Waals surface area contributed by atoms with Crippen LogP contribution in [0.3, 0.4) is 0 Å². The van der Waals surface area contributed by atoms with E-state index in [1.165, 1.54) is 0 Å². The first kappa shape index (κ1) is 14.3. The highest BCUT2D eigenvalue weighted by Crippen LogP contribution is 2.31. The third kappa shape index (κ3) is 2.60. The molecule has 3 rings (SSSR count). The number of amides is 1. The van der Waals surface area contributed by atoms with Crippen molar-refractivity contribution in [3.8, 4) is 0 Å². The number of fused-ring (bicyclic) bond motifs is 1. The summed E-state index contributed by atoms with van der Waals surface area (Å²) in [6.07, 6.45) is 0.830. The van der Waals surface area contributed by atoms with Crippen LogP contribution < -0.4 is 10.6 Å². The van der Waals surface area contributed by atoms with Crippen molar-refractivity contribution in [2.75, 3.05) is 10.6 Å². The first-order valence-electron chi connectivity index (χ1n) is 7.39. The summed E-state index contributed by atoms with van der Waals surface area (Å²) in [4.78, 5) is 25.8. The van der Waals surface area contributed by atoms with Gasteiger partial charge in [-0.3, -0.25) is 9.59 Å². The van der Waals surface area contributed by atoms with Crippen molar-refractivity contribution in [1.29, 1.82) is 0 Å². The van der Waals surface area contributed by atoms with Crippen LogP contribution in [0.2, 0.25) is 0 Å². The Morgan fingerprint density at radius 3 is 2.59 bits per heavy atom. The molecule has 2 aromatic rings. The van der Waals surface area contributed by atoms with Crippen LogP contribution in [0.25, 0.3) is 0 Å². The van der Waals surface area contributed by atoms with E-state index < -0.39 is 0 Å². The lowest BCUT2D eigenvalue weighted by Gasteiger charge is -2.18. The van der Waals surface area contributed by atoms with Gasteiger partial charge in [-0.1, -0.05) is 19.1 Å². The summed E-state index contributed by atoms with van der Waals surface area (Å²) in [6, 6.07) is 13.0. The molecule has 0 unspecified atom stereocenters. The second-order valence-electron chi connectivity index (χ2n) is 5.52. The number of hydrogen-bond acceptors (Lipinski definition) is 3. The molecule has 112 valence electrons. The second-order valence-corrected chi connectivity index (χ2v) is 5.52. The Morgan fingerprint density at radius 2 is 1.91 bits per heavy atom. The third-order valence-corrected chi connectivity index (χ3v) is 3.98. The van der Waals surface area contributed by atoms with Crippen molar-refractivity contribution < 1.29 is 9.59 Å². The molecule has 1 aliphatic heterocycles. The predicted octanol–water partition coefficient (Wildman–Crippen LogP) is 2.95. The fourth-order valence-electron chi connectivity index (χ4n) is 2.74. The molecule has 0 spiro atoms. The molecule has 0 aliphatic carbocycles. The van der Waals surface area contributed by atoms with Crippen LogP contribution >= 0.6 is 0 Å². The maximum absolute atomic E-state index is 12.3. The van der Waals surface area contributed by atoms with E-state index in [0.717, 1.165) is 16.8 Å². The summed E-state index contributed by atoms with van der Waals surface area (Å²) >= 11 is 0. The minimum atomic E-state index is 0.0629. The van der Waals surface area contributed by atoms with Crippen molar-refractivity contribution in [3.63, 3.8) is 0 Å². The van der Waals surface area contributed by atoms with Gasteiger partial charge >= 0.3 is 0 Å². The molecule has 2 aromatic carbocycles. The van der Waals surface area contributed by atoms with E-state index >= 15 is 0 Å². The highest BCUT2D eigenvalue weighted by Gasteiger charge is 2.27. The van der Waals surface area contributed by atoms with E-state index in [1.54, 1.807) is 11.0 Å². The number of ketones is 1. The Bertz CT molecular complexity index is 735. The van der Waals surface area contributed by atoms with Crippen molar-refractivity contribution in [2.45, 2.75) is 26.3 Å². The van der Waals surface area contributed by atoms with Crippen molar-refractivity contribution in [3.05, 3.63) is 59.2 Å². The van der Waals surface area contributed by atoms with Crippen LogP contribution in [0.1, 0.15) is 34.8 Å². The van der Waals surface area contributed by atoms with Crippen LogP contribution in [0, 0.1) is 0 Å². The minimum absolute atomic E-state index is 0.0629. The fourth-order valence-corrected chi connectivity index (χ4v) is 2.74. The summed E-state index contributed by atoms with van der Waals surface area (Å²) in [6.45, 7) is 2.36. The number of nitrogen functional groups attached to an aromatic ring is 1. The Kier molecular flexibility index (Phi) is 3.67. The van der Waals surface area contributed by atoms with Gasteiger partial charge in [0.1, 0.15) is 0 Å². The maximum atomic E-state index is 12.3. The van der Waals surface area contributed by atoms with Crippen LogP contribution in [0.4, 0.5) is 11.4 Å². The van der Waals surface area contributed by atoms with Crippen LogP contribution in [0.5, 0.6) is 0 Å². The lowest BCUT2D eigenvalue weighted by molar-refractivity contribution is -0.117. The van der Waals surface area contributed by atoms with E-state index in [9.17, 15) is 9.59 Å². The molecule has 1 heterocycles. The van der Waals surface area contributed by atoms with Gasteiger partial charge in [-0.2, -0.15) is 0 Å². The predicted molar refractivity (Wildman–Crippen MR) is 86.8 cm³/mol. The van der Waals surface area contributed by atoms with Gasteiger partial charge in [0.05, 0.1) is 13.0 Å². The average molecular weight is 294 g/mol. The molecular weight excluding hydrogens is 276 g/mol. The Labute approximate surface area is 129 Å². The van der Waals surface area contributed by atoms with Crippen molar-refractivity contribution in [2.24, 2.45) is 0 Å². The smallest absolute Gasteiger partial charge is 0.231 e. The molecule has 4 nitrogen and oxygen atoms in total. The van der Waals surface area contributed by atoms with Gasteiger partial charge in [0.15, 0.2) is 5.78 Å². The number of Topliss-reactive ketones (excluding diaryl/α,β-unsaturated/α-hetero) is 1. The van der Waals surface area contributed by atoms with Crippen LogP contribution in [-0.2, 0) is 17.8 Å². The molecule has 0 aromatic heterocycles.